The average Bonchev–Trinajstić information content (AvgIpc) is 2.61. The number of nitrogens with one attached hydrogen (secondary N) is 2. The summed E-state index contributed by atoms with van der Waals surface area (Å²) < 4.78 is 13.0. The van der Waals surface area contributed by atoms with Crippen LogP contribution in [0.4, 0.5) is 4.39 Å². The molecular formula is C17H17ClFN3O3. The molecule has 1 aromatic carbocycles. The maximum absolute atomic E-state index is 13.0. The molecule has 0 saturated carbocycles. The van der Waals surface area contributed by atoms with Crippen LogP contribution < -0.4 is 10.6 Å². The van der Waals surface area contributed by atoms with Gasteiger partial charge in [-0.3, -0.25) is 14.6 Å². The SMILES string of the molecule is O=C(NCCO)c1cncc(C(=O)NCCc2ccc(F)cc2Cl)c1. The molecule has 1 aromatic heterocycles. The summed E-state index contributed by atoms with van der Waals surface area (Å²) in [6.07, 6.45) is 3.12. The Labute approximate surface area is 149 Å². The Morgan fingerprint density at radius 1 is 1.08 bits per heavy atom. The summed E-state index contributed by atoms with van der Waals surface area (Å²) in [7, 11) is 0. The fourth-order valence-electron chi connectivity index (χ4n) is 2.10. The first kappa shape index (κ1) is 18.8. The first-order valence-corrected chi connectivity index (χ1v) is 7.95. The molecule has 2 rings (SSSR count). The second kappa shape index (κ2) is 9.10. The number of carbonyl (C=O) groups is 2. The number of rotatable bonds is 7. The normalized spacial score (nSPS) is 10.4. The van der Waals surface area contributed by atoms with E-state index in [9.17, 15) is 14.0 Å². The zero-order valence-corrected chi connectivity index (χ0v) is 14.0. The van der Waals surface area contributed by atoms with E-state index in [-0.39, 0.29) is 30.2 Å². The van der Waals surface area contributed by atoms with Gasteiger partial charge in [-0.15, -0.1) is 0 Å². The van der Waals surface area contributed by atoms with Gasteiger partial charge in [0, 0.05) is 30.5 Å². The zero-order valence-electron chi connectivity index (χ0n) is 13.3. The minimum absolute atomic E-state index is 0.119. The molecule has 25 heavy (non-hydrogen) atoms. The Morgan fingerprint density at radius 2 is 1.72 bits per heavy atom. The fraction of sp³-hybridized carbons (Fsp3) is 0.235. The Bertz CT molecular complexity index is 771. The molecule has 0 atom stereocenters. The number of amides is 2. The van der Waals surface area contributed by atoms with Crippen molar-refractivity contribution < 1.29 is 19.1 Å². The minimum Gasteiger partial charge on any atom is -0.395 e. The molecular weight excluding hydrogens is 349 g/mol. The smallest absolute Gasteiger partial charge is 0.252 e. The van der Waals surface area contributed by atoms with Gasteiger partial charge >= 0.3 is 0 Å². The van der Waals surface area contributed by atoms with E-state index in [1.165, 1.54) is 30.6 Å². The number of nitrogens with zero attached hydrogens (tertiary/aromatic N) is 1. The quantitative estimate of drug-likeness (QED) is 0.694. The van der Waals surface area contributed by atoms with Gasteiger partial charge in [0.2, 0.25) is 0 Å². The van der Waals surface area contributed by atoms with Gasteiger partial charge in [0.05, 0.1) is 17.7 Å². The van der Waals surface area contributed by atoms with Crippen LogP contribution in [0.2, 0.25) is 5.02 Å². The van der Waals surface area contributed by atoms with Crippen molar-refractivity contribution in [3.8, 4) is 0 Å². The highest BCUT2D eigenvalue weighted by Crippen LogP contribution is 2.17. The monoisotopic (exact) mass is 365 g/mol. The van der Waals surface area contributed by atoms with Crippen LogP contribution in [-0.4, -0.2) is 41.6 Å². The Hall–Kier alpha value is -2.51. The molecule has 0 fully saturated rings. The lowest BCUT2D eigenvalue weighted by molar-refractivity contribution is 0.0944. The fourth-order valence-corrected chi connectivity index (χ4v) is 2.36. The lowest BCUT2D eigenvalue weighted by atomic mass is 10.1. The summed E-state index contributed by atoms with van der Waals surface area (Å²) in [6.45, 7) is 0.240. The second-order valence-corrected chi connectivity index (χ2v) is 5.59. The van der Waals surface area contributed by atoms with Gasteiger partial charge in [0.1, 0.15) is 5.82 Å². The lowest BCUT2D eigenvalue weighted by Crippen LogP contribution is -2.28. The van der Waals surface area contributed by atoms with E-state index in [0.29, 0.717) is 18.0 Å². The molecule has 2 aromatic rings. The maximum Gasteiger partial charge on any atom is 0.252 e. The number of halogens is 2. The van der Waals surface area contributed by atoms with Crippen LogP contribution in [0.15, 0.2) is 36.7 Å². The molecule has 0 saturated heterocycles. The first-order chi connectivity index (χ1) is 12.0. The Kier molecular flexibility index (Phi) is 6.85. The van der Waals surface area contributed by atoms with Gasteiger partial charge in [-0.1, -0.05) is 17.7 Å². The molecule has 0 aliphatic heterocycles. The van der Waals surface area contributed by atoms with Crippen molar-refractivity contribution in [1.29, 1.82) is 0 Å². The molecule has 0 aliphatic carbocycles. The number of aliphatic hydroxyl groups excluding tert-OH is 1. The Balaban J connectivity index is 1.93. The molecule has 1 heterocycles. The standard InChI is InChI=1S/C17H17ClFN3O3/c18-15-8-14(19)2-1-11(15)3-4-21-16(24)12-7-13(10-20-9-12)17(25)22-5-6-23/h1-2,7-10,23H,3-6H2,(H,21,24)(H,22,25). The van der Waals surface area contributed by atoms with Crippen molar-refractivity contribution in [3.05, 3.63) is 64.2 Å². The molecule has 0 bridgehead atoms. The molecule has 8 heteroatoms. The molecule has 3 N–H and O–H groups in total. The van der Waals surface area contributed by atoms with Crippen LogP contribution in [0, 0.1) is 5.82 Å². The van der Waals surface area contributed by atoms with Gasteiger partial charge in [-0.25, -0.2) is 4.39 Å². The second-order valence-electron chi connectivity index (χ2n) is 5.18. The van der Waals surface area contributed by atoms with E-state index in [4.69, 9.17) is 16.7 Å². The Morgan fingerprint density at radius 3 is 2.32 bits per heavy atom. The van der Waals surface area contributed by atoms with E-state index >= 15 is 0 Å². The number of carbonyl (C=O) groups excluding carboxylic acids is 2. The predicted molar refractivity (Wildman–Crippen MR) is 91.1 cm³/mol. The van der Waals surface area contributed by atoms with Crippen molar-refractivity contribution in [2.75, 3.05) is 19.7 Å². The van der Waals surface area contributed by atoms with E-state index in [1.807, 2.05) is 0 Å². The summed E-state index contributed by atoms with van der Waals surface area (Å²) in [5.74, 6) is -1.23. The summed E-state index contributed by atoms with van der Waals surface area (Å²) in [4.78, 5) is 27.8. The lowest BCUT2D eigenvalue weighted by Gasteiger charge is -2.08. The largest absolute Gasteiger partial charge is 0.395 e. The van der Waals surface area contributed by atoms with Gasteiger partial charge < -0.3 is 15.7 Å². The van der Waals surface area contributed by atoms with Crippen LogP contribution in [0.25, 0.3) is 0 Å². The number of hydrogen-bond donors (Lipinski definition) is 3. The van der Waals surface area contributed by atoms with Crippen LogP contribution in [0.3, 0.4) is 0 Å². The van der Waals surface area contributed by atoms with Gasteiger partial charge in [-0.05, 0) is 30.2 Å². The number of aromatic nitrogens is 1. The van der Waals surface area contributed by atoms with Crippen molar-refractivity contribution in [3.63, 3.8) is 0 Å². The summed E-state index contributed by atoms with van der Waals surface area (Å²) in [5.41, 5.74) is 1.18. The van der Waals surface area contributed by atoms with E-state index in [2.05, 4.69) is 15.6 Å². The number of hydrogen-bond acceptors (Lipinski definition) is 4. The molecule has 0 aliphatic rings. The molecule has 0 unspecified atom stereocenters. The van der Waals surface area contributed by atoms with E-state index in [0.717, 1.165) is 5.56 Å². The third-order valence-electron chi connectivity index (χ3n) is 3.35. The molecule has 0 spiro atoms. The van der Waals surface area contributed by atoms with Crippen LogP contribution in [-0.2, 0) is 6.42 Å². The highest BCUT2D eigenvalue weighted by Gasteiger charge is 2.11. The molecule has 6 nitrogen and oxygen atoms in total. The highest BCUT2D eigenvalue weighted by atomic mass is 35.5. The molecule has 2 amide bonds. The van der Waals surface area contributed by atoms with Crippen molar-refractivity contribution >= 4 is 23.4 Å². The van der Waals surface area contributed by atoms with Gasteiger partial charge in [-0.2, -0.15) is 0 Å². The molecule has 0 radical (unpaired) electrons. The van der Waals surface area contributed by atoms with Crippen molar-refractivity contribution in [2.45, 2.75) is 6.42 Å². The summed E-state index contributed by atoms with van der Waals surface area (Å²) >= 11 is 5.93. The van der Waals surface area contributed by atoms with Crippen LogP contribution in [0.5, 0.6) is 0 Å². The number of pyridine rings is 1. The van der Waals surface area contributed by atoms with Crippen LogP contribution in [0.1, 0.15) is 26.3 Å². The predicted octanol–water partition coefficient (Wildman–Crippen LogP) is 1.57. The van der Waals surface area contributed by atoms with Crippen molar-refractivity contribution in [2.24, 2.45) is 0 Å². The zero-order chi connectivity index (χ0) is 18.2. The highest BCUT2D eigenvalue weighted by molar-refractivity contribution is 6.31. The minimum atomic E-state index is -0.422. The van der Waals surface area contributed by atoms with Gasteiger partial charge in [0.15, 0.2) is 0 Å². The maximum atomic E-state index is 13.0. The summed E-state index contributed by atoms with van der Waals surface area (Å²) in [6, 6.07) is 5.51. The topological polar surface area (TPSA) is 91.3 Å². The van der Waals surface area contributed by atoms with E-state index in [1.54, 1.807) is 6.07 Å². The third-order valence-corrected chi connectivity index (χ3v) is 3.71. The summed E-state index contributed by atoms with van der Waals surface area (Å²) in [5, 5.41) is 14.2. The van der Waals surface area contributed by atoms with Crippen molar-refractivity contribution in [1.82, 2.24) is 15.6 Å². The van der Waals surface area contributed by atoms with Crippen LogP contribution >= 0.6 is 11.6 Å². The molecule has 132 valence electrons. The number of aliphatic hydroxyl groups is 1. The van der Waals surface area contributed by atoms with Gasteiger partial charge in [0.25, 0.3) is 11.8 Å². The third kappa shape index (κ3) is 5.51. The van der Waals surface area contributed by atoms with E-state index < -0.39 is 11.7 Å². The number of benzene rings is 1. The average molecular weight is 366 g/mol. The first-order valence-electron chi connectivity index (χ1n) is 7.57.